The van der Waals surface area contributed by atoms with Crippen LogP contribution in [0, 0.1) is 12.8 Å². The fraction of sp³-hybridized carbons (Fsp3) is 0.395. The molecule has 2 atom stereocenters. The van der Waals surface area contributed by atoms with E-state index in [2.05, 4.69) is 36.1 Å². The summed E-state index contributed by atoms with van der Waals surface area (Å²) in [6.07, 6.45) is -4.58. The highest BCUT2D eigenvalue weighted by Gasteiger charge is 2.45. The van der Waals surface area contributed by atoms with Gasteiger partial charge < -0.3 is 15.0 Å². The summed E-state index contributed by atoms with van der Waals surface area (Å²) in [5.41, 5.74) is 4.48. The third-order valence-corrected chi connectivity index (χ3v) is 9.39. The van der Waals surface area contributed by atoms with Crippen LogP contribution < -0.4 is 15.4 Å². The van der Waals surface area contributed by atoms with E-state index in [9.17, 15) is 27.2 Å². The number of aryl methyl sites for hydroxylation is 1. The molecule has 2 aliphatic heterocycles. The van der Waals surface area contributed by atoms with Gasteiger partial charge >= 0.3 is 18.6 Å². The number of nitrogens with one attached hydrogen (secondary N) is 2. The number of hydrogen-bond acceptors (Lipinski definition) is 4. The van der Waals surface area contributed by atoms with Crippen LogP contribution in [0.4, 0.5) is 33.9 Å². The van der Waals surface area contributed by atoms with Gasteiger partial charge in [-0.2, -0.15) is 22.7 Å². The number of urea groups is 1. The third-order valence-electron chi connectivity index (χ3n) is 9.39. The number of benzene rings is 3. The molecule has 8 nitrogen and oxygen atoms in total. The molecule has 2 saturated heterocycles. The van der Waals surface area contributed by atoms with Crippen molar-refractivity contribution in [1.29, 1.82) is 0 Å². The van der Waals surface area contributed by atoms with Crippen LogP contribution >= 0.6 is 0 Å². The van der Waals surface area contributed by atoms with Crippen molar-refractivity contribution in [2.75, 3.05) is 10.6 Å². The second kappa shape index (κ2) is 13.8. The summed E-state index contributed by atoms with van der Waals surface area (Å²) in [7, 11) is 0. The quantitative estimate of drug-likeness (QED) is 0.172. The Hall–Kier alpha value is -4.87. The van der Waals surface area contributed by atoms with E-state index in [0.29, 0.717) is 17.4 Å². The van der Waals surface area contributed by atoms with Crippen LogP contribution in [0.15, 0.2) is 78.9 Å². The van der Waals surface area contributed by atoms with Gasteiger partial charge in [-0.15, -0.1) is 0 Å². The molecule has 264 valence electrons. The maximum absolute atomic E-state index is 13.5. The first kappa shape index (κ1) is 35.0. The Kier molecular flexibility index (Phi) is 9.65. The summed E-state index contributed by atoms with van der Waals surface area (Å²) in [5.74, 6) is 0.0909. The van der Waals surface area contributed by atoms with Crippen LogP contribution in [0.3, 0.4) is 0 Å². The number of ether oxygens (including phenoxy) is 1. The van der Waals surface area contributed by atoms with Crippen LogP contribution in [-0.4, -0.2) is 51.2 Å². The molecular formula is C38H41F4N5O3. The molecule has 3 heterocycles. The van der Waals surface area contributed by atoms with Crippen molar-refractivity contribution >= 4 is 23.4 Å². The Bertz CT molecular complexity index is 1820. The largest absolute Gasteiger partial charge is 0.461 e. The molecule has 0 aliphatic carbocycles. The van der Waals surface area contributed by atoms with E-state index in [1.165, 1.54) is 12.1 Å². The average Bonchev–Trinajstić information content (AvgIpc) is 3.60. The second-order valence-corrected chi connectivity index (χ2v) is 14.3. The lowest BCUT2D eigenvalue weighted by atomic mass is 9.85. The number of fused-ring (bicyclic) bond motifs is 2. The van der Waals surface area contributed by atoms with E-state index in [0.717, 1.165) is 66.7 Å². The van der Waals surface area contributed by atoms with Crippen molar-refractivity contribution in [3.05, 3.63) is 101 Å². The van der Waals surface area contributed by atoms with E-state index < -0.39 is 18.3 Å². The molecule has 0 radical (unpaired) electrons. The minimum atomic E-state index is -4.65. The number of aromatic nitrogens is 2. The molecule has 12 heteroatoms. The molecule has 2 fully saturated rings. The van der Waals surface area contributed by atoms with Gasteiger partial charge in [-0.25, -0.2) is 9.48 Å². The van der Waals surface area contributed by atoms with Gasteiger partial charge in [0.15, 0.2) is 0 Å². The summed E-state index contributed by atoms with van der Waals surface area (Å²) < 4.78 is 58.1. The Labute approximate surface area is 288 Å². The maximum atomic E-state index is 13.5. The summed E-state index contributed by atoms with van der Waals surface area (Å²) in [6, 6.07) is 22.2. The lowest BCUT2D eigenvalue weighted by Gasteiger charge is -2.39. The molecule has 2 N–H and O–H groups in total. The molecule has 2 unspecified atom stereocenters. The minimum absolute atomic E-state index is 0.00453. The Balaban J connectivity index is 1.05. The molecule has 4 aromatic rings. The van der Waals surface area contributed by atoms with Gasteiger partial charge in [-0.3, -0.25) is 10.1 Å². The first-order valence-corrected chi connectivity index (χ1v) is 16.8. The van der Waals surface area contributed by atoms with Crippen molar-refractivity contribution < 1.29 is 31.9 Å². The molecule has 0 saturated carbocycles. The number of amides is 3. The van der Waals surface area contributed by atoms with Crippen LogP contribution in [0.1, 0.15) is 73.6 Å². The van der Waals surface area contributed by atoms with Gasteiger partial charge in [0.05, 0.1) is 11.4 Å². The lowest BCUT2D eigenvalue weighted by Crippen LogP contribution is -2.46. The van der Waals surface area contributed by atoms with Gasteiger partial charge in [0.1, 0.15) is 11.6 Å². The second-order valence-electron chi connectivity index (χ2n) is 14.3. The zero-order chi connectivity index (χ0) is 35.8. The van der Waals surface area contributed by atoms with Gasteiger partial charge in [0.25, 0.3) is 5.91 Å². The molecular weight excluding hydrogens is 650 g/mol. The highest BCUT2D eigenvalue weighted by atomic mass is 19.3. The summed E-state index contributed by atoms with van der Waals surface area (Å²) in [4.78, 5) is 28.4. The highest BCUT2D eigenvalue weighted by Crippen LogP contribution is 2.41. The minimum Gasteiger partial charge on any atom is -0.428 e. The van der Waals surface area contributed by atoms with Gasteiger partial charge in [0.2, 0.25) is 0 Å². The van der Waals surface area contributed by atoms with E-state index in [4.69, 9.17) is 5.10 Å². The molecule has 3 aromatic carbocycles. The molecule has 50 heavy (non-hydrogen) atoms. The number of nitrogens with zero attached hydrogens (tertiary/aromatic N) is 3. The van der Waals surface area contributed by atoms with E-state index >= 15 is 0 Å². The van der Waals surface area contributed by atoms with Crippen LogP contribution in [-0.2, 0) is 11.8 Å². The Morgan fingerprint density at radius 2 is 1.58 bits per heavy atom. The third kappa shape index (κ3) is 7.79. The first-order valence-electron chi connectivity index (χ1n) is 16.8. The van der Waals surface area contributed by atoms with Crippen LogP contribution in [0.25, 0.3) is 5.69 Å². The van der Waals surface area contributed by atoms with Gasteiger partial charge in [0, 0.05) is 34.8 Å². The number of anilines is 2. The van der Waals surface area contributed by atoms with Gasteiger partial charge in [-0.05, 0) is 93.0 Å². The van der Waals surface area contributed by atoms with Crippen molar-refractivity contribution in [2.45, 2.75) is 89.8 Å². The lowest BCUT2D eigenvalue weighted by molar-refractivity contribution is -0.253. The number of halogens is 4. The smallest absolute Gasteiger partial charge is 0.428 e. The van der Waals surface area contributed by atoms with Crippen LogP contribution in [0.2, 0.25) is 0 Å². The van der Waals surface area contributed by atoms with Gasteiger partial charge in [-0.1, -0.05) is 56.7 Å². The number of alkyl halides is 4. The standard InChI is InChI=1S/C38H41F4N5O3/c1-23-8-14-28(15-9-23)47-33(22-32(45-47)37(2,3)4)44-36(49)43-27-12-10-24(11-13-27)18-25-19-29-16-17-30(20-25)46(29)34(48)26-6-5-7-31(21-26)50-38(41,42)35(39)40/h5-15,21-22,25,29-30,35H,16-20H2,1-4H3,(H2,43,44,49). The number of carbonyl (C=O) groups is 2. The number of piperidine rings is 1. The monoisotopic (exact) mass is 691 g/mol. The average molecular weight is 692 g/mol. The number of rotatable bonds is 9. The Morgan fingerprint density at radius 1 is 0.920 bits per heavy atom. The van der Waals surface area contributed by atoms with Crippen molar-refractivity contribution in [1.82, 2.24) is 14.7 Å². The van der Waals surface area contributed by atoms with Crippen molar-refractivity contribution in [3.8, 4) is 11.4 Å². The predicted octanol–water partition coefficient (Wildman–Crippen LogP) is 8.98. The zero-order valence-electron chi connectivity index (χ0n) is 28.4. The fourth-order valence-corrected chi connectivity index (χ4v) is 6.89. The van der Waals surface area contributed by atoms with Crippen molar-refractivity contribution in [3.63, 3.8) is 0 Å². The first-order chi connectivity index (χ1) is 23.7. The molecule has 1 aromatic heterocycles. The van der Waals surface area contributed by atoms with E-state index in [-0.39, 0.29) is 35.0 Å². The van der Waals surface area contributed by atoms with Crippen LogP contribution in [0.5, 0.6) is 5.75 Å². The highest BCUT2D eigenvalue weighted by molar-refractivity contribution is 5.99. The Morgan fingerprint density at radius 3 is 2.20 bits per heavy atom. The summed E-state index contributed by atoms with van der Waals surface area (Å²) >= 11 is 0. The SMILES string of the molecule is Cc1ccc(-n2nc(C(C)(C)C)cc2NC(=O)Nc2ccc(CC3CC4CCC(C3)N4C(=O)c3cccc(OC(F)(F)C(F)F)c3)cc2)cc1. The topological polar surface area (TPSA) is 88.5 Å². The zero-order valence-corrected chi connectivity index (χ0v) is 28.4. The normalized spacial score (nSPS) is 19.1. The summed E-state index contributed by atoms with van der Waals surface area (Å²) in [6.45, 7) is 8.22. The van der Waals surface area contributed by atoms with E-state index in [1.54, 1.807) is 4.68 Å². The molecule has 3 amide bonds. The molecule has 6 rings (SSSR count). The predicted molar refractivity (Wildman–Crippen MR) is 184 cm³/mol. The number of hydrogen-bond donors (Lipinski definition) is 2. The maximum Gasteiger partial charge on any atom is 0.461 e. The number of carbonyl (C=O) groups excluding carboxylic acids is 2. The molecule has 0 spiro atoms. The molecule has 2 bridgehead atoms. The molecule has 2 aliphatic rings. The summed E-state index contributed by atoms with van der Waals surface area (Å²) in [5, 5.41) is 10.6. The van der Waals surface area contributed by atoms with E-state index in [1.807, 2.05) is 66.4 Å². The fourth-order valence-electron chi connectivity index (χ4n) is 6.89. The van der Waals surface area contributed by atoms with Crippen molar-refractivity contribution in [2.24, 2.45) is 5.92 Å².